The van der Waals surface area contributed by atoms with Gasteiger partial charge in [0.1, 0.15) is 11.3 Å². The summed E-state index contributed by atoms with van der Waals surface area (Å²) in [6, 6.07) is 17.8. The molecule has 3 aromatic carbocycles. The SMILES string of the molecule is Cc1ccc(C(=O)NC2(c3ccccc3)CC2)cc1-c1cc2c(C(N)=O)c(C)oc2cc1[N+](=O)[O-]. The van der Waals surface area contributed by atoms with Crippen LogP contribution in [0.1, 0.15) is 50.4 Å². The zero-order valence-electron chi connectivity index (χ0n) is 19.3. The Balaban J connectivity index is 1.59. The summed E-state index contributed by atoms with van der Waals surface area (Å²) in [6.07, 6.45) is 1.69. The summed E-state index contributed by atoms with van der Waals surface area (Å²) < 4.78 is 5.57. The highest BCUT2D eigenvalue weighted by molar-refractivity contribution is 6.08. The van der Waals surface area contributed by atoms with E-state index in [1.807, 2.05) is 37.3 Å². The molecule has 5 rings (SSSR count). The van der Waals surface area contributed by atoms with Crippen LogP contribution in [0.2, 0.25) is 0 Å². The normalized spacial score (nSPS) is 14.0. The van der Waals surface area contributed by atoms with E-state index in [1.54, 1.807) is 31.2 Å². The molecule has 4 aromatic rings. The molecule has 1 saturated carbocycles. The standard InChI is InChI=1S/C27H23N3O5/c1-15-8-9-17(26(32)29-27(10-11-27)18-6-4-3-5-7-18)12-19(15)20-13-21-23(14-22(20)30(33)34)35-16(2)24(21)25(28)31/h3-9,12-14H,10-11H2,1-2H3,(H2,28,31)(H,29,32). The number of aryl methyl sites for hydroxylation is 2. The van der Waals surface area contributed by atoms with E-state index in [2.05, 4.69) is 5.32 Å². The Hall–Kier alpha value is -4.46. The monoisotopic (exact) mass is 469 g/mol. The minimum atomic E-state index is -0.679. The summed E-state index contributed by atoms with van der Waals surface area (Å²) in [5.41, 5.74) is 8.32. The van der Waals surface area contributed by atoms with E-state index in [4.69, 9.17) is 10.2 Å². The second-order valence-electron chi connectivity index (χ2n) is 8.95. The van der Waals surface area contributed by atoms with Gasteiger partial charge in [-0.15, -0.1) is 0 Å². The van der Waals surface area contributed by atoms with Crippen molar-refractivity contribution in [1.29, 1.82) is 0 Å². The van der Waals surface area contributed by atoms with E-state index in [-0.39, 0.29) is 33.8 Å². The topological polar surface area (TPSA) is 128 Å². The van der Waals surface area contributed by atoms with Crippen LogP contribution < -0.4 is 11.1 Å². The molecular formula is C27H23N3O5. The maximum atomic E-state index is 13.2. The molecular weight excluding hydrogens is 446 g/mol. The molecule has 3 N–H and O–H groups in total. The molecule has 0 radical (unpaired) electrons. The third-order valence-corrected chi connectivity index (χ3v) is 6.64. The van der Waals surface area contributed by atoms with E-state index in [0.29, 0.717) is 22.3 Å². The molecule has 8 nitrogen and oxygen atoms in total. The molecule has 0 atom stereocenters. The first kappa shape index (κ1) is 22.3. The summed E-state index contributed by atoms with van der Waals surface area (Å²) in [5.74, 6) is -0.644. The minimum absolute atomic E-state index is 0.182. The van der Waals surface area contributed by atoms with Gasteiger partial charge in [-0.05, 0) is 61.6 Å². The first-order valence-electron chi connectivity index (χ1n) is 11.2. The van der Waals surface area contributed by atoms with Gasteiger partial charge in [-0.25, -0.2) is 0 Å². The highest BCUT2D eigenvalue weighted by atomic mass is 16.6. The summed E-state index contributed by atoms with van der Waals surface area (Å²) in [4.78, 5) is 36.7. The molecule has 1 aliphatic rings. The summed E-state index contributed by atoms with van der Waals surface area (Å²) >= 11 is 0. The number of fused-ring (bicyclic) bond motifs is 1. The summed E-state index contributed by atoms with van der Waals surface area (Å²) in [7, 11) is 0. The first-order valence-corrected chi connectivity index (χ1v) is 11.2. The number of amides is 2. The van der Waals surface area contributed by atoms with Crippen LogP contribution in [-0.2, 0) is 5.54 Å². The number of primary amides is 1. The fourth-order valence-corrected chi connectivity index (χ4v) is 4.64. The molecule has 0 unspecified atom stereocenters. The van der Waals surface area contributed by atoms with Crippen molar-refractivity contribution >= 4 is 28.5 Å². The van der Waals surface area contributed by atoms with E-state index >= 15 is 0 Å². The number of nitrogens with one attached hydrogen (secondary N) is 1. The Labute approximate surface area is 200 Å². The largest absolute Gasteiger partial charge is 0.460 e. The summed E-state index contributed by atoms with van der Waals surface area (Å²) in [6.45, 7) is 3.40. The Morgan fingerprint density at radius 3 is 2.37 bits per heavy atom. The van der Waals surface area contributed by atoms with Crippen LogP contribution in [-0.4, -0.2) is 16.7 Å². The fourth-order valence-electron chi connectivity index (χ4n) is 4.64. The zero-order valence-corrected chi connectivity index (χ0v) is 19.3. The number of hydrogen-bond acceptors (Lipinski definition) is 5. The lowest BCUT2D eigenvalue weighted by atomic mass is 9.94. The molecule has 1 fully saturated rings. The van der Waals surface area contributed by atoms with E-state index in [1.165, 1.54) is 6.07 Å². The quantitative estimate of drug-likeness (QED) is 0.298. The number of hydrogen-bond donors (Lipinski definition) is 2. The van der Waals surface area contributed by atoms with Crippen molar-refractivity contribution in [3.8, 4) is 11.1 Å². The average molecular weight is 469 g/mol. The number of carbonyl (C=O) groups is 2. The average Bonchev–Trinajstić information content (AvgIpc) is 3.53. The van der Waals surface area contributed by atoms with Gasteiger partial charge in [0.2, 0.25) is 0 Å². The fraction of sp³-hybridized carbons (Fsp3) is 0.185. The van der Waals surface area contributed by atoms with Crippen LogP contribution in [0.25, 0.3) is 22.1 Å². The minimum Gasteiger partial charge on any atom is -0.460 e. The maximum Gasteiger partial charge on any atom is 0.280 e. The number of rotatable bonds is 6. The van der Waals surface area contributed by atoms with Crippen LogP contribution in [0, 0.1) is 24.0 Å². The lowest BCUT2D eigenvalue weighted by Crippen LogP contribution is -2.34. The number of carbonyl (C=O) groups excluding carboxylic acids is 2. The van der Waals surface area contributed by atoms with Crippen LogP contribution >= 0.6 is 0 Å². The van der Waals surface area contributed by atoms with Crippen LogP contribution in [0.3, 0.4) is 0 Å². The predicted molar refractivity (Wildman–Crippen MR) is 131 cm³/mol. The Morgan fingerprint density at radius 1 is 1.03 bits per heavy atom. The molecule has 8 heteroatoms. The van der Waals surface area contributed by atoms with E-state index in [0.717, 1.165) is 24.0 Å². The van der Waals surface area contributed by atoms with Gasteiger partial charge < -0.3 is 15.5 Å². The van der Waals surface area contributed by atoms with Crippen LogP contribution in [0.5, 0.6) is 0 Å². The van der Waals surface area contributed by atoms with Gasteiger partial charge in [0.25, 0.3) is 17.5 Å². The third-order valence-electron chi connectivity index (χ3n) is 6.64. The molecule has 1 heterocycles. The molecule has 1 aromatic heterocycles. The first-order chi connectivity index (χ1) is 16.7. The van der Waals surface area contributed by atoms with Gasteiger partial charge in [0.15, 0.2) is 0 Å². The highest BCUT2D eigenvalue weighted by Crippen LogP contribution is 2.46. The number of nitrogens with zero attached hydrogens (tertiary/aromatic N) is 1. The Kier molecular flexibility index (Phi) is 5.16. The van der Waals surface area contributed by atoms with Crippen molar-refractivity contribution in [2.75, 3.05) is 0 Å². The second kappa shape index (κ2) is 8.09. The molecule has 2 amide bonds. The number of nitrogens with two attached hydrogens (primary N) is 1. The smallest absolute Gasteiger partial charge is 0.280 e. The summed E-state index contributed by atoms with van der Waals surface area (Å²) in [5, 5.41) is 15.5. The lowest BCUT2D eigenvalue weighted by Gasteiger charge is -2.18. The van der Waals surface area contributed by atoms with Gasteiger partial charge in [-0.1, -0.05) is 36.4 Å². The molecule has 0 spiro atoms. The van der Waals surface area contributed by atoms with E-state index in [9.17, 15) is 19.7 Å². The molecule has 0 aliphatic heterocycles. The van der Waals surface area contributed by atoms with Crippen molar-refractivity contribution in [3.63, 3.8) is 0 Å². The molecule has 176 valence electrons. The van der Waals surface area contributed by atoms with Crippen molar-refractivity contribution in [1.82, 2.24) is 5.32 Å². The highest BCUT2D eigenvalue weighted by Gasteiger charge is 2.45. The van der Waals surface area contributed by atoms with Gasteiger partial charge in [-0.3, -0.25) is 19.7 Å². The second-order valence-corrected chi connectivity index (χ2v) is 8.95. The van der Waals surface area contributed by atoms with Crippen molar-refractivity contribution in [2.45, 2.75) is 32.2 Å². The van der Waals surface area contributed by atoms with Crippen molar-refractivity contribution in [3.05, 3.63) is 98.8 Å². The number of nitro benzene ring substituents is 1. The molecule has 1 aliphatic carbocycles. The number of nitro groups is 1. The van der Waals surface area contributed by atoms with Gasteiger partial charge in [0, 0.05) is 10.9 Å². The molecule has 0 saturated heterocycles. The maximum absolute atomic E-state index is 13.2. The van der Waals surface area contributed by atoms with Crippen molar-refractivity contribution in [2.24, 2.45) is 5.73 Å². The lowest BCUT2D eigenvalue weighted by molar-refractivity contribution is -0.384. The van der Waals surface area contributed by atoms with Gasteiger partial charge in [0.05, 0.1) is 27.7 Å². The predicted octanol–water partition coefficient (Wildman–Crippen LogP) is 5.14. The van der Waals surface area contributed by atoms with Gasteiger partial charge >= 0.3 is 0 Å². The number of benzene rings is 3. The zero-order chi connectivity index (χ0) is 24.9. The molecule has 0 bridgehead atoms. The van der Waals surface area contributed by atoms with Gasteiger partial charge in [-0.2, -0.15) is 0 Å². The van der Waals surface area contributed by atoms with E-state index < -0.39 is 10.8 Å². The number of furan rings is 1. The Bertz CT molecular complexity index is 1520. The molecule has 35 heavy (non-hydrogen) atoms. The third kappa shape index (κ3) is 3.82. The van der Waals surface area contributed by atoms with Crippen LogP contribution in [0.4, 0.5) is 5.69 Å². The van der Waals surface area contributed by atoms with Crippen molar-refractivity contribution < 1.29 is 18.9 Å². The Morgan fingerprint density at radius 2 is 1.74 bits per heavy atom. The van der Waals surface area contributed by atoms with Crippen LogP contribution in [0.15, 0.2) is 65.1 Å².